The van der Waals surface area contributed by atoms with Crippen LogP contribution in [0.4, 0.5) is 5.82 Å². The van der Waals surface area contributed by atoms with Gasteiger partial charge in [-0.3, -0.25) is 4.79 Å². The SMILES string of the molecule is CCOc1cccc(NC(=O)c2cn3cc(C4CC4)nc3cc2OC(C)C)n1. The van der Waals surface area contributed by atoms with Gasteiger partial charge in [-0.25, -0.2) is 4.98 Å². The molecule has 1 amide bonds. The van der Waals surface area contributed by atoms with Gasteiger partial charge in [0.15, 0.2) is 0 Å². The van der Waals surface area contributed by atoms with Crippen LogP contribution in [0, 0.1) is 0 Å². The molecule has 1 aliphatic carbocycles. The van der Waals surface area contributed by atoms with Crippen molar-refractivity contribution in [3.8, 4) is 11.6 Å². The minimum Gasteiger partial charge on any atom is -0.490 e. The average molecular weight is 380 g/mol. The molecule has 28 heavy (non-hydrogen) atoms. The van der Waals surface area contributed by atoms with E-state index in [1.807, 2.05) is 37.4 Å². The molecule has 0 unspecified atom stereocenters. The van der Waals surface area contributed by atoms with Crippen LogP contribution in [0.2, 0.25) is 0 Å². The molecule has 0 aliphatic heterocycles. The number of carbonyl (C=O) groups excluding carboxylic acids is 1. The number of carbonyl (C=O) groups is 1. The summed E-state index contributed by atoms with van der Waals surface area (Å²) in [4.78, 5) is 22.0. The van der Waals surface area contributed by atoms with Gasteiger partial charge in [0.1, 0.15) is 17.2 Å². The van der Waals surface area contributed by atoms with Crippen LogP contribution in [-0.4, -0.2) is 33.0 Å². The molecule has 0 saturated heterocycles. The van der Waals surface area contributed by atoms with Crippen molar-refractivity contribution in [1.29, 1.82) is 0 Å². The summed E-state index contributed by atoms with van der Waals surface area (Å²) in [6.07, 6.45) is 6.05. The number of ether oxygens (including phenoxy) is 2. The maximum absolute atomic E-state index is 13.0. The Morgan fingerprint density at radius 1 is 1.29 bits per heavy atom. The summed E-state index contributed by atoms with van der Waals surface area (Å²) in [6.45, 7) is 6.26. The van der Waals surface area contributed by atoms with E-state index in [0.717, 1.165) is 11.3 Å². The molecule has 0 atom stereocenters. The van der Waals surface area contributed by atoms with Gasteiger partial charge in [-0.2, -0.15) is 4.98 Å². The minimum absolute atomic E-state index is 0.0636. The number of fused-ring (bicyclic) bond motifs is 1. The number of aromatic nitrogens is 3. The Hall–Kier alpha value is -3.09. The zero-order valence-corrected chi connectivity index (χ0v) is 16.3. The zero-order chi connectivity index (χ0) is 19.7. The summed E-state index contributed by atoms with van der Waals surface area (Å²) < 4.78 is 13.2. The smallest absolute Gasteiger partial charge is 0.262 e. The summed E-state index contributed by atoms with van der Waals surface area (Å²) in [5.74, 6) is 1.65. The second-order valence-corrected chi connectivity index (χ2v) is 7.17. The van der Waals surface area contributed by atoms with Gasteiger partial charge >= 0.3 is 0 Å². The van der Waals surface area contributed by atoms with E-state index in [1.54, 1.807) is 24.4 Å². The molecule has 1 fully saturated rings. The minimum atomic E-state index is -0.291. The average Bonchev–Trinajstić information content (AvgIpc) is 3.41. The molecule has 1 saturated carbocycles. The highest BCUT2D eigenvalue weighted by Crippen LogP contribution is 2.39. The molecule has 3 aromatic rings. The third-order valence-electron chi connectivity index (χ3n) is 4.43. The predicted molar refractivity (Wildman–Crippen MR) is 106 cm³/mol. The first-order chi connectivity index (χ1) is 13.5. The third kappa shape index (κ3) is 3.93. The monoisotopic (exact) mass is 380 g/mol. The number of hydrogen-bond acceptors (Lipinski definition) is 5. The molecule has 7 heteroatoms. The fraction of sp³-hybridized carbons (Fsp3) is 0.381. The first kappa shape index (κ1) is 18.3. The van der Waals surface area contributed by atoms with Crippen molar-refractivity contribution in [2.45, 2.75) is 45.6 Å². The number of hydrogen-bond donors (Lipinski definition) is 1. The van der Waals surface area contributed by atoms with Crippen LogP contribution in [-0.2, 0) is 0 Å². The molecule has 1 aliphatic rings. The van der Waals surface area contributed by atoms with Crippen LogP contribution in [0.25, 0.3) is 5.65 Å². The maximum atomic E-state index is 13.0. The molecule has 0 aromatic carbocycles. The number of rotatable bonds is 7. The second-order valence-electron chi connectivity index (χ2n) is 7.17. The van der Waals surface area contributed by atoms with Crippen LogP contribution in [0.15, 0.2) is 36.7 Å². The number of imidazole rings is 1. The maximum Gasteiger partial charge on any atom is 0.262 e. The van der Waals surface area contributed by atoms with E-state index in [2.05, 4.69) is 15.3 Å². The molecule has 3 heterocycles. The lowest BCUT2D eigenvalue weighted by molar-refractivity contribution is 0.102. The Kier molecular flexibility index (Phi) is 4.90. The van der Waals surface area contributed by atoms with Crippen LogP contribution in [0.1, 0.15) is 55.6 Å². The first-order valence-electron chi connectivity index (χ1n) is 9.64. The summed E-state index contributed by atoms with van der Waals surface area (Å²) in [5, 5.41) is 2.83. The molecule has 3 aromatic heterocycles. The zero-order valence-electron chi connectivity index (χ0n) is 16.3. The molecular formula is C21H24N4O3. The molecule has 0 bridgehead atoms. The highest BCUT2D eigenvalue weighted by molar-refractivity contribution is 6.05. The van der Waals surface area contributed by atoms with Crippen molar-refractivity contribution in [2.24, 2.45) is 0 Å². The molecule has 0 radical (unpaired) electrons. The Morgan fingerprint density at radius 2 is 2.11 bits per heavy atom. The van der Waals surface area contributed by atoms with Crippen molar-refractivity contribution >= 4 is 17.4 Å². The number of amides is 1. The van der Waals surface area contributed by atoms with E-state index in [9.17, 15) is 4.79 Å². The third-order valence-corrected chi connectivity index (χ3v) is 4.43. The lowest BCUT2D eigenvalue weighted by Gasteiger charge is -2.14. The quantitative estimate of drug-likeness (QED) is 0.669. The van der Waals surface area contributed by atoms with Gasteiger partial charge in [-0.15, -0.1) is 0 Å². The van der Waals surface area contributed by atoms with E-state index >= 15 is 0 Å². The summed E-state index contributed by atoms with van der Waals surface area (Å²) in [5.41, 5.74) is 2.29. The fourth-order valence-electron chi connectivity index (χ4n) is 3.03. The number of pyridine rings is 2. The van der Waals surface area contributed by atoms with Gasteiger partial charge in [0, 0.05) is 30.4 Å². The summed E-state index contributed by atoms with van der Waals surface area (Å²) in [7, 11) is 0. The van der Waals surface area contributed by atoms with Crippen molar-refractivity contribution < 1.29 is 14.3 Å². The van der Waals surface area contributed by atoms with Crippen molar-refractivity contribution in [3.05, 3.63) is 47.9 Å². The number of nitrogens with zero attached hydrogens (tertiary/aromatic N) is 3. The van der Waals surface area contributed by atoms with E-state index in [-0.39, 0.29) is 12.0 Å². The van der Waals surface area contributed by atoms with Gasteiger partial charge in [0.25, 0.3) is 5.91 Å². The lowest BCUT2D eigenvalue weighted by atomic mass is 10.2. The predicted octanol–water partition coefficient (Wildman–Crippen LogP) is 4.04. The molecule has 0 spiro atoms. The Balaban J connectivity index is 1.66. The van der Waals surface area contributed by atoms with Crippen molar-refractivity contribution in [1.82, 2.24) is 14.4 Å². The normalized spacial score (nSPS) is 13.7. The standard InChI is InChI=1S/C21H24N4O3/c1-4-27-20-7-5-6-18(23-20)24-21(26)15-11-25-12-16(14-8-9-14)22-19(25)10-17(15)28-13(2)3/h5-7,10-14H,4,8-9H2,1-3H3,(H,23,24,26). The van der Waals surface area contributed by atoms with Gasteiger partial charge in [0.05, 0.1) is 24.0 Å². The van der Waals surface area contributed by atoms with Crippen molar-refractivity contribution in [2.75, 3.05) is 11.9 Å². The first-order valence-corrected chi connectivity index (χ1v) is 9.64. The topological polar surface area (TPSA) is 77.8 Å². The van der Waals surface area contributed by atoms with Crippen molar-refractivity contribution in [3.63, 3.8) is 0 Å². The molecule has 1 N–H and O–H groups in total. The van der Waals surface area contributed by atoms with Crippen LogP contribution in [0.3, 0.4) is 0 Å². The fourth-order valence-corrected chi connectivity index (χ4v) is 3.03. The summed E-state index contributed by atoms with van der Waals surface area (Å²) in [6, 6.07) is 7.10. The van der Waals surface area contributed by atoms with E-state index in [1.165, 1.54) is 12.8 Å². The van der Waals surface area contributed by atoms with Gasteiger partial charge in [0.2, 0.25) is 5.88 Å². The van der Waals surface area contributed by atoms with E-state index < -0.39 is 0 Å². The lowest BCUT2D eigenvalue weighted by Crippen LogP contribution is -2.17. The number of anilines is 1. The van der Waals surface area contributed by atoms with E-state index in [0.29, 0.717) is 35.5 Å². The molecule has 7 nitrogen and oxygen atoms in total. The largest absolute Gasteiger partial charge is 0.490 e. The van der Waals surface area contributed by atoms with Gasteiger partial charge in [-0.1, -0.05) is 6.07 Å². The summed E-state index contributed by atoms with van der Waals surface area (Å²) >= 11 is 0. The molecular weight excluding hydrogens is 356 g/mol. The Labute approximate surface area is 163 Å². The second kappa shape index (κ2) is 7.50. The number of nitrogens with one attached hydrogen (secondary N) is 1. The van der Waals surface area contributed by atoms with Crippen LogP contribution < -0.4 is 14.8 Å². The highest BCUT2D eigenvalue weighted by atomic mass is 16.5. The Morgan fingerprint density at radius 3 is 2.82 bits per heavy atom. The molecule has 146 valence electrons. The van der Waals surface area contributed by atoms with Crippen LogP contribution in [0.5, 0.6) is 11.6 Å². The van der Waals surface area contributed by atoms with Gasteiger partial charge in [-0.05, 0) is 39.7 Å². The molecule has 4 rings (SSSR count). The Bertz CT molecular complexity index is 1010. The highest BCUT2D eigenvalue weighted by Gasteiger charge is 2.27. The van der Waals surface area contributed by atoms with Gasteiger partial charge < -0.3 is 19.2 Å². The van der Waals surface area contributed by atoms with E-state index in [4.69, 9.17) is 9.47 Å². The van der Waals surface area contributed by atoms with Crippen LogP contribution >= 0.6 is 0 Å².